The third kappa shape index (κ3) is 5.19. The Hall–Kier alpha value is -3.44. The zero-order chi connectivity index (χ0) is 29.4. The molecule has 16 nitrogen and oxygen atoms in total. The zero-order valence-corrected chi connectivity index (χ0v) is 22.5. The molecule has 0 saturated heterocycles. The second kappa shape index (κ2) is 9.04. The summed E-state index contributed by atoms with van der Waals surface area (Å²) in [6.07, 6.45) is 0. The molecule has 0 amide bonds. The van der Waals surface area contributed by atoms with Gasteiger partial charge in [0, 0.05) is 11.1 Å². The lowest BCUT2D eigenvalue weighted by molar-refractivity contribution is 0.376. The largest absolute Gasteiger partial charge is 0.338 e. The number of nitrogens with one attached hydrogen (secondary N) is 2. The zero-order valence-electron chi connectivity index (χ0n) is 19.3. The summed E-state index contributed by atoms with van der Waals surface area (Å²) in [5.41, 5.74) is -0.0126. The topological polar surface area (TPSA) is 281 Å². The third-order valence-corrected chi connectivity index (χ3v) is 9.09. The van der Waals surface area contributed by atoms with Crippen molar-refractivity contribution in [1.29, 1.82) is 0 Å². The van der Waals surface area contributed by atoms with E-state index in [4.69, 9.17) is 0 Å². The molecular weight excluding hydrogens is 617 g/mol. The Balaban J connectivity index is 1.60. The van der Waals surface area contributed by atoms with Gasteiger partial charge in [0.25, 0.3) is 30.4 Å². The second-order valence-corrected chi connectivity index (χ2v) is 14.0. The predicted molar refractivity (Wildman–Crippen MR) is 140 cm³/mol. The molecule has 0 unspecified atom stereocenters. The van der Waals surface area contributed by atoms with Crippen LogP contribution >= 0.6 is 10.9 Å². The van der Waals surface area contributed by atoms with E-state index in [1.165, 1.54) is 24.3 Å². The molecule has 0 bridgehead atoms. The van der Waals surface area contributed by atoms with Crippen LogP contribution in [0.5, 0.6) is 0 Å². The van der Waals surface area contributed by atoms with Crippen LogP contribution in [0.25, 0.3) is 44.8 Å². The molecule has 40 heavy (non-hydrogen) atoms. The number of imidazole rings is 2. The number of benzene rings is 3. The van der Waals surface area contributed by atoms with Gasteiger partial charge in [0.2, 0.25) is 0 Å². The Labute approximate surface area is 226 Å². The molecule has 0 aliphatic rings. The smallest absolute Gasteiger partial charge is 0.296 e. The van der Waals surface area contributed by atoms with E-state index < -0.39 is 60.8 Å². The standard InChI is InChI=1S/C20H16N4O12S4/c25-37(26,27)11-5-13-17(15(7-11)39(31,32)33)23-19(21-13)9-1-2-10(4-3-9)20-22-14-6-12(38(28,29)30)8-16(18(14)24-20)40(34,35)36/h1-8,25-27H,(H,21,23)(H,22,24)(H,28,29,30)(H,31,32,33)(H,34,35,36). The fourth-order valence-electron chi connectivity index (χ4n) is 3.88. The second-order valence-electron chi connectivity index (χ2n) is 8.33. The van der Waals surface area contributed by atoms with Crippen LogP contribution in [0.15, 0.2) is 68.1 Å². The van der Waals surface area contributed by atoms with Crippen molar-refractivity contribution in [2.75, 3.05) is 0 Å². The highest BCUT2D eigenvalue weighted by Crippen LogP contribution is 2.46. The van der Waals surface area contributed by atoms with Crippen molar-refractivity contribution in [3.05, 3.63) is 48.5 Å². The molecule has 0 aliphatic carbocycles. The van der Waals surface area contributed by atoms with Crippen LogP contribution in [0.2, 0.25) is 0 Å². The van der Waals surface area contributed by atoms with Gasteiger partial charge in [-0.2, -0.15) is 25.3 Å². The lowest BCUT2D eigenvalue weighted by Crippen LogP contribution is -2.04. The van der Waals surface area contributed by atoms with Crippen molar-refractivity contribution in [3.63, 3.8) is 0 Å². The number of fused-ring (bicyclic) bond motifs is 2. The van der Waals surface area contributed by atoms with Crippen LogP contribution in [0.4, 0.5) is 0 Å². The highest BCUT2D eigenvalue weighted by Gasteiger charge is 2.26. The maximum Gasteiger partial charge on any atom is 0.296 e. The fraction of sp³-hybridized carbons (Fsp3) is 0. The van der Waals surface area contributed by atoms with Crippen molar-refractivity contribution >= 4 is 63.3 Å². The van der Waals surface area contributed by atoms with Crippen molar-refractivity contribution in [2.24, 2.45) is 0 Å². The molecule has 2 aromatic heterocycles. The van der Waals surface area contributed by atoms with Crippen LogP contribution in [0.3, 0.4) is 0 Å². The van der Waals surface area contributed by atoms with Crippen molar-refractivity contribution in [3.8, 4) is 22.8 Å². The Morgan fingerprint density at radius 1 is 0.525 bits per heavy atom. The van der Waals surface area contributed by atoms with E-state index in [0.29, 0.717) is 23.3 Å². The van der Waals surface area contributed by atoms with Crippen molar-refractivity contribution in [1.82, 2.24) is 19.9 Å². The Bertz CT molecular complexity index is 2160. The van der Waals surface area contributed by atoms with Gasteiger partial charge in [-0.25, -0.2) is 9.97 Å². The number of aromatic amines is 2. The van der Waals surface area contributed by atoms with Crippen LogP contribution in [0.1, 0.15) is 0 Å². The lowest BCUT2D eigenvalue weighted by atomic mass is 10.1. The van der Waals surface area contributed by atoms with Gasteiger partial charge in [-0.05, 0) is 24.3 Å². The Morgan fingerprint density at radius 3 is 1.25 bits per heavy atom. The molecule has 0 saturated carbocycles. The number of rotatable bonds is 6. The lowest BCUT2D eigenvalue weighted by Gasteiger charge is -2.19. The van der Waals surface area contributed by atoms with E-state index in [1.54, 1.807) is 0 Å². The van der Waals surface area contributed by atoms with E-state index >= 15 is 0 Å². The number of nitrogens with zero attached hydrogens (tertiary/aromatic N) is 2. The minimum absolute atomic E-state index is 0.0509. The monoisotopic (exact) mass is 632 g/mol. The maximum absolute atomic E-state index is 11.9. The van der Waals surface area contributed by atoms with Crippen LogP contribution in [-0.2, 0) is 30.4 Å². The molecule has 0 spiro atoms. The summed E-state index contributed by atoms with van der Waals surface area (Å²) < 4.78 is 128. The van der Waals surface area contributed by atoms with Crippen LogP contribution in [-0.4, -0.2) is 72.5 Å². The number of aromatic nitrogens is 4. The van der Waals surface area contributed by atoms with E-state index in [1.807, 2.05) is 0 Å². The predicted octanol–water partition coefficient (Wildman–Crippen LogP) is 3.10. The molecule has 0 radical (unpaired) electrons. The minimum atomic E-state index is -4.94. The van der Waals surface area contributed by atoms with Crippen molar-refractivity contribution in [2.45, 2.75) is 19.6 Å². The first-order chi connectivity index (χ1) is 18.3. The molecule has 5 aromatic rings. The molecule has 5 rings (SSSR count). The summed E-state index contributed by atoms with van der Waals surface area (Å²) in [6, 6.07) is 9.16. The Kier molecular flexibility index (Phi) is 6.35. The fourth-order valence-corrected chi connectivity index (χ4v) is 6.47. The number of hydrogen-bond donors (Lipinski definition) is 8. The van der Waals surface area contributed by atoms with E-state index in [2.05, 4.69) is 19.9 Å². The van der Waals surface area contributed by atoms with Crippen LogP contribution in [0, 0.1) is 0 Å². The van der Waals surface area contributed by atoms with Gasteiger partial charge in [0.15, 0.2) is 0 Å². The van der Waals surface area contributed by atoms with Gasteiger partial charge >= 0.3 is 0 Å². The molecule has 3 aromatic carbocycles. The summed E-state index contributed by atoms with van der Waals surface area (Å²) in [6.45, 7) is 0. The van der Waals surface area contributed by atoms with Gasteiger partial charge in [0.1, 0.15) is 43.3 Å². The van der Waals surface area contributed by atoms with Crippen molar-refractivity contribution < 1.29 is 52.6 Å². The van der Waals surface area contributed by atoms with E-state index in [0.717, 1.165) is 12.1 Å². The van der Waals surface area contributed by atoms with Gasteiger partial charge in [-0.15, -0.1) is 0 Å². The number of H-pyrrole nitrogens is 2. The first kappa shape index (κ1) is 28.1. The van der Waals surface area contributed by atoms with E-state index in [-0.39, 0.29) is 33.7 Å². The van der Waals surface area contributed by atoms with Gasteiger partial charge < -0.3 is 23.6 Å². The summed E-state index contributed by atoms with van der Waals surface area (Å²) in [7, 11) is -19.0. The normalized spacial score (nSPS) is 13.8. The third-order valence-electron chi connectivity index (χ3n) is 5.65. The summed E-state index contributed by atoms with van der Waals surface area (Å²) in [5.74, 6) is 0.129. The highest BCUT2D eigenvalue weighted by molar-refractivity contribution is 8.19. The molecule has 0 aliphatic heterocycles. The first-order valence-corrected chi connectivity index (χ1v) is 16.3. The minimum Gasteiger partial charge on any atom is -0.338 e. The molecule has 0 atom stereocenters. The SMILES string of the molecule is O=S(=O)(O)c1cc(S(=O)(=O)O)c2nc(-c3ccc(-c4nc5c(S(=O)(=O)O)cc(S(O)(O)O)cc5[nH]4)cc3)[nH]c2c1. The highest BCUT2D eigenvalue weighted by atomic mass is 32.3. The average Bonchev–Trinajstić information content (AvgIpc) is 3.44. The summed E-state index contributed by atoms with van der Waals surface area (Å²) in [4.78, 5) is 10.7. The summed E-state index contributed by atoms with van der Waals surface area (Å²) in [5, 5.41) is 0. The first-order valence-electron chi connectivity index (χ1n) is 10.4. The molecule has 212 valence electrons. The molecule has 8 N–H and O–H groups in total. The van der Waals surface area contributed by atoms with E-state index in [9.17, 15) is 52.6 Å². The molecule has 20 heteroatoms. The molecule has 2 heterocycles. The summed E-state index contributed by atoms with van der Waals surface area (Å²) >= 11 is 0. The quantitative estimate of drug-likeness (QED) is 0.125. The average molecular weight is 633 g/mol. The molecular formula is C20H16N4O12S4. The van der Waals surface area contributed by atoms with Gasteiger partial charge in [0.05, 0.1) is 20.8 Å². The maximum atomic E-state index is 11.9. The van der Waals surface area contributed by atoms with Crippen LogP contribution < -0.4 is 0 Å². The van der Waals surface area contributed by atoms with Gasteiger partial charge in [-0.3, -0.25) is 13.7 Å². The number of hydrogen-bond acceptors (Lipinski definition) is 11. The Morgan fingerprint density at radius 2 is 0.900 bits per heavy atom. The molecule has 0 fully saturated rings. The van der Waals surface area contributed by atoms with Gasteiger partial charge in [-0.1, -0.05) is 24.3 Å².